The van der Waals surface area contributed by atoms with Gasteiger partial charge < -0.3 is 0 Å². The van der Waals surface area contributed by atoms with Crippen molar-refractivity contribution in [1.82, 2.24) is 9.97 Å². The number of pyridine rings is 2. The van der Waals surface area contributed by atoms with Crippen molar-refractivity contribution in [2.75, 3.05) is 9.80 Å². The van der Waals surface area contributed by atoms with E-state index in [9.17, 15) is 0 Å². The van der Waals surface area contributed by atoms with E-state index < -0.39 is 0 Å². The van der Waals surface area contributed by atoms with Gasteiger partial charge in [0, 0.05) is 22.2 Å². The highest BCUT2D eigenvalue weighted by Crippen LogP contribution is 2.59. The van der Waals surface area contributed by atoms with Crippen molar-refractivity contribution >= 4 is 46.3 Å². The fourth-order valence-corrected chi connectivity index (χ4v) is 7.17. The number of thioether (sulfide) groups is 2. The summed E-state index contributed by atoms with van der Waals surface area (Å²) in [6, 6.07) is 22.1. The quantitative estimate of drug-likeness (QED) is 0.254. The predicted octanol–water partition coefficient (Wildman–Crippen LogP) is 9.39. The third-order valence-electron chi connectivity index (χ3n) is 6.94. The van der Waals surface area contributed by atoms with Gasteiger partial charge in [-0.2, -0.15) is 0 Å². The molecule has 4 aromatic rings. The summed E-state index contributed by atoms with van der Waals surface area (Å²) in [5, 5.41) is 2.36. The number of fused-ring (bicyclic) bond motifs is 2. The van der Waals surface area contributed by atoms with Crippen molar-refractivity contribution < 1.29 is 0 Å². The van der Waals surface area contributed by atoms with Crippen molar-refractivity contribution in [1.29, 1.82) is 0 Å². The number of rotatable bonds is 2. The van der Waals surface area contributed by atoms with Crippen LogP contribution in [0.1, 0.15) is 52.7 Å². The zero-order valence-electron chi connectivity index (χ0n) is 22.7. The fourth-order valence-electron chi connectivity index (χ4n) is 4.77. The van der Waals surface area contributed by atoms with Gasteiger partial charge in [-0.15, -0.1) is 0 Å². The molecule has 0 bridgehead atoms. The predicted molar refractivity (Wildman–Crippen MR) is 162 cm³/mol. The molecule has 4 nitrogen and oxygen atoms in total. The molecule has 2 aliphatic heterocycles. The Bertz CT molecular complexity index is 1420. The molecule has 0 aliphatic carbocycles. The molecule has 0 N–H and O–H groups in total. The average Bonchev–Trinajstić information content (AvgIpc) is 3.46. The van der Waals surface area contributed by atoms with Crippen LogP contribution in [0.5, 0.6) is 0 Å². The molecule has 0 saturated heterocycles. The van der Waals surface area contributed by atoms with E-state index in [1.807, 2.05) is 60.4 Å². The second kappa shape index (κ2) is 9.21. The molecule has 0 saturated carbocycles. The molecule has 2 aromatic heterocycles. The normalized spacial score (nSPS) is 17.1. The van der Waals surface area contributed by atoms with Crippen LogP contribution in [0.15, 0.2) is 105 Å². The number of hydrogen-bond acceptors (Lipinski definition) is 6. The van der Waals surface area contributed by atoms with Crippen LogP contribution in [-0.4, -0.2) is 9.97 Å². The highest BCUT2D eigenvalue weighted by Gasteiger charge is 2.37. The molecule has 2 aromatic carbocycles. The number of nitrogens with zero attached hydrogens (tertiary/aromatic N) is 4. The molecule has 0 atom stereocenters. The van der Waals surface area contributed by atoms with Gasteiger partial charge in [-0.3, -0.25) is 19.8 Å². The maximum atomic E-state index is 4.49. The average molecular weight is 537 g/mol. The standard InChI is InChI=1S/C32H32N4S2/c1-31(2,3)21-11-13-27-25(17-21)35(23-9-7-15-33-19-23)29(37-27)30-36(24-10-8-16-34-20-24)26-18-22(32(4,5)6)12-14-28(26)38-30/h7-20H,1-6H3/b30-29+. The molecule has 0 fully saturated rings. The minimum absolute atomic E-state index is 0.0552. The lowest BCUT2D eigenvalue weighted by molar-refractivity contribution is 0.589. The molecule has 192 valence electrons. The first kappa shape index (κ1) is 25.1. The van der Waals surface area contributed by atoms with E-state index in [0.717, 1.165) is 11.4 Å². The van der Waals surface area contributed by atoms with Crippen molar-refractivity contribution in [2.24, 2.45) is 0 Å². The lowest BCUT2D eigenvalue weighted by Gasteiger charge is -2.28. The summed E-state index contributed by atoms with van der Waals surface area (Å²) in [6.07, 6.45) is 7.59. The van der Waals surface area contributed by atoms with Gasteiger partial charge in [-0.25, -0.2) is 0 Å². The number of benzene rings is 2. The van der Waals surface area contributed by atoms with Gasteiger partial charge in [0.25, 0.3) is 0 Å². The number of anilines is 4. The van der Waals surface area contributed by atoms with E-state index in [1.165, 1.54) is 42.4 Å². The van der Waals surface area contributed by atoms with Gasteiger partial charge in [0.1, 0.15) is 10.1 Å². The van der Waals surface area contributed by atoms with E-state index in [1.54, 1.807) is 0 Å². The first-order valence-corrected chi connectivity index (χ1v) is 14.5. The van der Waals surface area contributed by atoms with E-state index in [2.05, 4.69) is 110 Å². The molecule has 4 heterocycles. The molecule has 6 heteroatoms. The smallest absolute Gasteiger partial charge is 0.116 e. The van der Waals surface area contributed by atoms with Crippen LogP contribution in [0.2, 0.25) is 0 Å². The largest absolute Gasteiger partial charge is 0.300 e. The van der Waals surface area contributed by atoms with Gasteiger partial charge in [-0.05, 0) is 70.5 Å². The zero-order valence-corrected chi connectivity index (χ0v) is 24.3. The van der Waals surface area contributed by atoms with Crippen molar-refractivity contribution in [3.8, 4) is 0 Å². The summed E-state index contributed by atoms with van der Waals surface area (Å²) in [7, 11) is 0. The van der Waals surface area contributed by atoms with Crippen LogP contribution in [0, 0.1) is 0 Å². The summed E-state index contributed by atoms with van der Waals surface area (Å²) in [4.78, 5) is 16.2. The Morgan fingerprint density at radius 1 is 0.579 bits per heavy atom. The van der Waals surface area contributed by atoms with Crippen LogP contribution < -0.4 is 9.80 Å². The van der Waals surface area contributed by atoms with Crippen molar-refractivity contribution in [3.63, 3.8) is 0 Å². The topological polar surface area (TPSA) is 32.3 Å². The highest BCUT2D eigenvalue weighted by molar-refractivity contribution is 8.07. The van der Waals surface area contributed by atoms with Crippen molar-refractivity contribution in [2.45, 2.75) is 62.2 Å². The van der Waals surface area contributed by atoms with Crippen LogP contribution in [0.25, 0.3) is 0 Å². The molecule has 0 unspecified atom stereocenters. The Kier molecular flexibility index (Phi) is 6.08. The summed E-state index contributed by atoms with van der Waals surface area (Å²) >= 11 is 3.66. The maximum absolute atomic E-state index is 4.49. The minimum Gasteiger partial charge on any atom is -0.300 e. The van der Waals surface area contributed by atoms with Crippen molar-refractivity contribution in [3.05, 3.63) is 107 Å². The van der Waals surface area contributed by atoms with Gasteiger partial charge in [0.05, 0.1) is 35.1 Å². The SMILES string of the molecule is CC(C)(C)c1ccc2c(c1)N(c1cccnc1)/C(=C1\Sc3ccc(C(C)(C)C)cc3N1c1cccnc1)S2. The van der Waals surface area contributed by atoms with Gasteiger partial charge in [-0.1, -0.05) is 77.2 Å². The Labute approximate surface area is 234 Å². The monoisotopic (exact) mass is 536 g/mol. The van der Waals surface area contributed by atoms with E-state index in [4.69, 9.17) is 0 Å². The summed E-state index contributed by atoms with van der Waals surface area (Å²) in [6.45, 7) is 13.6. The van der Waals surface area contributed by atoms with E-state index in [-0.39, 0.29) is 10.8 Å². The molecule has 6 rings (SSSR count). The third-order valence-corrected chi connectivity index (χ3v) is 9.34. The van der Waals surface area contributed by atoms with E-state index in [0.29, 0.717) is 0 Å². The molecule has 38 heavy (non-hydrogen) atoms. The van der Waals surface area contributed by atoms with Gasteiger partial charge in [0.15, 0.2) is 0 Å². The molecule has 0 amide bonds. The van der Waals surface area contributed by atoms with Crippen LogP contribution in [-0.2, 0) is 10.8 Å². The lowest BCUT2D eigenvalue weighted by atomic mass is 9.87. The Morgan fingerprint density at radius 3 is 1.34 bits per heavy atom. The maximum Gasteiger partial charge on any atom is 0.116 e. The first-order valence-electron chi connectivity index (χ1n) is 12.9. The van der Waals surface area contributed by atoms with Crippen LogP contribution >= 0.6 is 23.5 Å². The van der Waals surface area contributed by atoms with E-state index >= 15 is 0 Å². The van der Waals surface area contributed by atoms with Gasteiger partial charge in [0.2, 0.25) is 0 Å². The number of aromatic nitrogens is 2. The summed E-state index contributed by atoms with van der Waals surface area (Å²) in [5.41, 5.74) is 7.28. The lowest BCUT2D eigenvalue weighted by Crippen LogP contribution is -2.19. The third kappa shape index (κ3) is 4.40. The zero-order chi connectivity index (χ0) is 26.7. The molecular formula is C32H32N4S2. The second-order valence-electron chi connectivity index (χ2n) is 11.8. The minimum atomic E-state index is 0.0552. The summed E-state index contributed by atoms with van der Waals surface area (Å²) < 4.78 is 0. The van der Waals surface area contributed by atoms with Crippen LogP contribution in [0.3, 0.4) is 0 Å². The Morgan fingerprint density at radius 2 is 1.00 bits per heavy atom. The fraction of sp³-hybridized carbons (Fsp3) is 0.250. The highest BCUT2D eigenvalue weighted by atomic mass is 32.2. The first-order chi connectivity index (χ1) is 18.1. The molecule has 0 radical (unpaired) electrons. The second-order valence-corrected chi connectivity index (χ2v) is 13.8. The summed E-state index contributed by atoms with van der Waals surface area (Å²) in [5.74, 6) is 0. The number of hydrogen-bond donors (Lipinski definition) is 0. The van der Waals surface area contributed by atoms with Gasteiger partial charge >= 0.3 is 0 Å². The Balaban J connectivity index is 1.58. The Hall–Kier alpha value is -3.22. The molecular weight excluding hydrogens is 505 g/mol. The molecule has 2 aliphatic rings. The van der Waals surface area contributed by atoms with Crippen LogP contribution in [0.4, 0.5) is 22.7 Å². The molecule has 0 spiro atoms.